The van der Waals surface area contributed by atoms with E-state index in [0.29, 0.717) is 11.8 Å². The fraction of sp³-hybridized carbons (Fsp3) is 0.464. The molecule has 0 spiro atoms. The highest BCUT2D eigenvalue weighted by Gasteiger charge is 2.27. The zero-order valence-electron chi connectivity index (χ0n) is 21.9. The van der Waals surface area contributed by atoms with Crippen LogP contribution in [0, 0.1) is 0 Å². The van der Waals surface area contributed by atoms with Gasteiger partial charge in [0.05, 0.1) is 11.6 Å². The first-order valence-corrected chi connectivity index (χ1v) is 13.5. The molecule has 2 N–H and O–H groups in total. The maximum absolute atomic E-state index is 11.6. The number of ether oxygens (including phenoxy) is 1. The normalized spacial score (nSPS) is 20.5. The fourth-order valence-electron chi connectivity index (χ4n) is 5.69. The third-order valence-corrected chi connectivity index (χ3v) is 7.88. The molecule has 0 unspecified atom stereocenters. The predicted octanol–water partition coefficient (Wildman–Crippen LogP) is 3.66. The summed E-state index contributed by atoms with van der Waals surface area (Å²) in [5.74, 6) is 1.84. The van der Waals surface area contributed by atoms with Gasteiger partial charge in [0.15, 0.2) is 0 Å². The Balaban J connectivity index is 1.24. The Morgan fingerprint density at radius 3 is 2.50 bits per heavy atom. The van der Waals surface area contributed by atoms with E-state index in [-0.39, 0.29) is 17.7 Å². The van der Waals surface area contributed by atoms with Crippen LogP contribution in [0.15, 0.2) is 47.5 Å². The van der Waals surface area contributed by atoms with Crippen LogP contribution in [0.5, 0.6) is 5.88 Å². The summed E-state index contributed by atoms with van der Waals surface area (Å²) in [6, 6.07) is 9.81. The largest absolute Gasteiger partial charge is 0.473 e. The van der Waals surface area contributed by atoms with Crippen LogP contribution in [0.2, 0.25) is 0 Å². The molecule has 0 amide bonds. The van der Waals surface area contributed by atoms with Crippen molar-refractivity contribution < 1.29 is 4.74 Å². The number of hydrogen-bond acceptors (Lipinski definition) is 8. The Kier molecular flexibility index (Phi) is 6.80. The number of fused-ring (bicyclic) bond motifs is 1. The fourth-order valence-corrected chi connectivity index (χ4v) is 5.69. The predicted molar refractivity (Wildman–Crippen MR) is 147 cm³/mol. The molecular formula is C28H34N8O2. The second-order valence-corrected chi connectivity index (χ2v) is 10.3. The van der Waals surface area contributed by atoms with E-state index in [1.54, 1.807) is 13.1 Å². The molecule has 0 radical (unpaired) electrons. The van der Waals surface area contributed by atoms with E-state index in [4.69, 9.17) is 14.8 Å². The molecule has 0 atom stereocenters. The van der Waals surface area contributed by atoms with Crippen LogP contribution in [0.25, 0.3) is 22.2 Å². The maximum Gasteiger partial charge on any atom is 0.266 e. The molecule has 2 aliphatic rings. The molecule has 198 valence electrons. The highest BCUT2D eigenvalue weighted by Crippen LogP contribution is 2.36. The maximum atomic E-state index is 11.6. The van der Waals surface area contributed by atoms with Gasteiger partial charge < -0.3 is 15.4 Å². The molecule has 2 fully saturated rings. The van der Waals surface area contributed by atoms with Crippen molar-refractivity contribution in [1.29, 1.82) is 0 Å². The van der Waals surface area contributed by atoms with Crippen LogP contribution >= 0.6 is 0 Å². The van der Waals surface area contributed by atoms with E-state index in [1.807, 2.05) is 19.4 Å². The first-order chi connectivity index (χ1) is 18.6. The van der Waals surface area contributed by atoms with Crippen molar-refractivity contribution in [2.45, 2.75) is 56.6 Å². The van der Waals surface area contributed by atoms with Crippen molar-refractivity contribution in [3.05, 3.63) is 58.8 Å². The Labute approximate surface area is 221 Å². The number of pyridine rings is 2. The number of piperidine rings is 1. The molecule has 0 bridgehead atoms. The van der Waals surface area contributed by atoms with E-state index in [9.17, 15) is 4.79 Å². The summed E-state index contributed by atoms with van der Waals surface area (Å²) in [6.07, 6.45) is 9.88. The van der Waals surface area contributed by atoms with Gasteiger partial charge >= 0.3 is 0 Å². The summed E-state index contributed by atoms with van der Waals surface area (Å²) in [6.45, 7) is 2.11. The van der Waals surface area contributed by atoms with Crippen LogP contribution in [0.4, 0.5) is 5.82 Å². The molecule has 38 heavy (non-hydrogen) atoms. The summed E-state index contributed by atoms with van der Waals surface area (Å²) in [5, 5.41) is 17.0. The SMILES string of the molecule is CNc1cc2c(cn1)c(-c1ccc(C3CCNCC3)nc1)nn2C1CCC(Oc2ccc(=O)n(C)n2)CC1. The minimum absolute atomic E-state index is 0.0683. The molecule has 4 aromatic rings. The Hall–Kier alpha value is -3.79. The van der Waals surface area contributed by atoms with E-state index >= 15 is 0 Å². The number of aryl methyl sites for hydroxylation is 1. The third kappa shape index (κ3) is 4.88. The molecule has 1 aliphatic heterocycles. The molecule has 10 nitrogen and oxygen atoms in total. The summed E-state index contributed by atoms with van der Waals surface area (Å²) >= 11 is 0. The number of aromatic nitrogens is 6. The minimum Gasteiger partial charge on any atom is -0.473 e. The van der Waals surface area contributed by atoms with Crippen molar-refractivity contribution >= 4 is 16.7 Å². The highest BCUT2D eigenvalue weighted by molar-refractivity contribution is 5.93. The first kappa shape index (κ1) is 24.5. The van der Waals surface area contributed by atoms with Gasteiger partial charge in [-0.3, -0.25) is 14.5 Å². The average molecular weight is 515 g/mol. The topological polar surface area (TPSA) is 112 Å². The van der Waals surface area contributed by atoms with Gasteiger partial charge in [-0.1, -0.05) is 0 Å². The third-order valence-electron chi connectivity index (χ3n) is 7.88. The van der Waals surface area contributed by atoms with Gasteiger partial charge in [0, 0.05) is 67.2 Å². The first-order valence-electron chi connectivity index (χ1n) is 13.5. The summed E-state index contributed by atoms with van der Waals surface area (Å²) < 4.78 is 9.58. The van der Waals surface area contributed by atoms with E-state index in [1.165, 1.54) is 16.4 Å². The molecular weight excluding hydrogens is 480 g/mol. The van der Waals surface area contributed by atoms with Gasteiger partial charge in [-0.25, -0.2) is 9.67 Å². The van der Waals surface area contributed by atoms with Gasteiger partial charge in [-0.05, 0) is 63.7 Å². The average Bonchev–Trinajstić information content (AvgIpc) is 3.35. The van der Waals surface area contributed by atoms with Crippen molar-refractivity contribution in [2.24, 2.45) is 7.05 Å². The molecule has 1 saturated heterocycles. The number of anilines is 1. The zero-order chi connectivity index (χ0) is 26.1. The number of nitrogens with one attached hydrogen (secondary N) is 2. The molecule has 5 heterocycles. The lowest BCUT2D eigenvalue weighted by Crippen LogP contribution is -2.27. The van der Waals surface area contributed by atoms with Crippen LogP contribution in [-0.2, 0) is 7.05 Å². The second kappa shape index (κ2) is 10.5. The number of hydrogen-bond donors (Lipinski definition) is 2. The van der Waals surface area contributed by atoms with Crippen molar-refractivity contribution in [2.75, 3.05) is 25.5 Å². The molecule has 1 saturated carbocycles. The van der Waals surface area contributed by atoms with E-state index in [2.05, 4.69) is 43.6 Å². The lowest BCUT2D eigenvalue weighted by atomic mass is 9.93. The summed E-state index contributed by atoms with van der Waals surface area (Å²) in [4.78, 5) is 21.1. The van der Waals surface area contributed by atoms with Gasteiger partial charge in [0.2, 0.25) is 5.88 Å². The number of rotatable bonds is 6. The minimum atomic E-state index is -0.144. The van der Waals surface area contributed by atoms with Crippen molar-refractivity contribution in [1.82, 2.24) is 34.8 Å². The van der Waals surface area contributed by atoms with E-state index in [0.717, 1.165) is 79.6 Å². The Morgan fingerprint density at radius 2 is 1.79 bits per heavy atom. The van der Waals surface area contributed by atoms with Crippen LogP contribution in [0.3, 0.4) is 0 Å². The lowest BCUT2D eigenvalue weighted by molar-refractivity contribution is 0.123. The van der Waals surface area contributed by atoms with Gasteiger partial charge in [0.1, 0.15) is 17.6 Å². The molecule has 10 heteroatoms. The molecule has 0 aromatic carbocycles. The summed E-state index contributed by atoms with van der Waals surface area (Å²) in [7, 11) is 3.52. The highest BCUT2D eigenvalue weighted by atomic mass is 16.5. The quantitative estimate of drug-likeness (QED) is 0.401. The van der Waals surface area contributed by atoms with Gasteiger partial charge in [-0.15, -0.1) is 5.10 Å². The lowest BCUT2D eigenvalue weighted by Gasteiger charge is -2.29. The smallest absolute Gasteiger partial charge is 0.266 e. The Morgan fingerprint density at radius 1 is 0.974 bits per heavy atom. The Bertz CT molecular complexity index is 1460. The van der Waals surface area contributed by atoms with Gasteiger partial charge in [0.25, 0.3) is 5.56 Å². The van der Waals surface area contributed by atoms with Crippen LogP contribution in [-0.4, -0.2) is 55.8 Å². The van der Waals surface area contributed by atoms with Gasteiger partial charge in [-0.2, -0.15) is 5.10 Å². The monoisotopic (exact) mass is 514 g/mol. The van der Waals surface area contributed by atoms with E-state index < -0.39 is 0 Å². The number of nitrogens with zero attached hydrogens (tertiary/aromatic N) is 6. The van der Waals surface area contributed by atoms with Crippen molar-refractivity contribution in [3.8, 4) is 17.1 Å². The second-order valence-electron chi connectivity index (χ2n) is 10.3. The molecule has 1 aliphatic carbocycles. The molecule has 4 aromatic heterocycles. The van der Waals surface area contributed by atoms with Crippen LogP contribution in [0.1, 0.15) is 56.2 Å². The van der Waals surface area contributed by atoms with Crippen LogP contribution < -0.4 is 20.9 Å². The molecule has 6 rings (SSSR count). The summed E-state index contributed by atoms with van der Waals surface area (Å²) in [5.41, 5.74) is 4.04. The van der Waals surface area contributed by atoms with Crippen molar-refractivity contribution in [3.63, 3.8) is 0 Å². The zero-order valence-corrected chi connectivity index (χ0v) is 21.9. The standard InChI is InChI=1S/C28H34N8O2/c1-29-25-15-24-22(17-32-25)28(19-3-8-23(31-16-19)18-11-13-30-14-12-18)34-36(24)20-4-6-21(7-5-20)38-26-9-10-27(37)35(2)33-26/h3,8-10,15-18,20-21,30H,4-7,11-14H2,1-2H3,(H,29,32).